The Hall–Kier alpha value is -1.64. The SMILES string of the molecule is Cc1ccc(C2=NOC(=O)C2)cc1. The lowest BCUT2D eigenvalue weighted by Gasteiger charge is -1.96. The average molecular weight is 175 g/mol. The van der Waals surface area contributed by atoms with Crippen molar-refractivity contribution in [3.63, 3.8) is 0 Å². The van der Waals surface area contributed by atoms with E-state index in [1.165, 1.54) is 5.56 Å². The summed E-state index contributed by atoms with van der Waals surface area (Å²) in [6.07, 6.45) is 0.281. The first-order chi connectivity index (χ1) is 6.25. The largest absolute Gasteiger partial charge is 0.341 e. The molecule has 3 nitrogen and oxygen atoms in total. The summed E-state index contributed by atoms with van der Waals surface area (Å²) in [5, 5.41) is 3.68. The molecule has 0 saturated heterocycles. The van der Waals surface area contributed by atoms with Crippen LogP contribution in [-0.4, -0.2) is 11.7 Å². The van der Waals surface area contributed by atoms with E-state index in [9.17, 15) is 4.79 Å². The Bertz CT molecular complexity index is 365. The second-order valence-electron chi connectivity index (χ2n) is 3.04. The molecule has 0 saturated carbocycles. The molecule has 1 aliphatic heterocycles. The molecular formula is C10H9NO2. The summed E-state index contributed by atoms with van der Waals surface area (Å²) in [6, 6.07) is 7.85. The Morgan fingerprint density at radius 1 is 1.31 bits per heavy atom. The molecule has 1 aliphatic rings. The molecule has 0 amide bonds. The molecule has 0 N–H and O–H groups in total. The van der Waals surface area contributed by atoms with Crippen molar-refractivity contribution >= 4 is 11.7 Å². The Kier molecular flexibility index (Phi) is 1.85. The Labute approximate surface area is 76.0 Å². The molecule has 0 bridgehead atoms. The fraction of sp³-hybridized carbons (Fsp3) is 0.200. The monoisotopic (exact) mass is 175 g/mol. The van der Waals surface area contributed by atoms with E-state index in [4.69, 9.17) is 0 Å². The van der Waals surface area contributed by atoms with E-state index in [-0.39, 0.29) is 12.4 Å². The van der Waals surface area contributed by atoms with Crippen molar-refractivity contribution in [1.29, 1.82) is 0 Å². The average Bonchev–Trinajstić information content (AvgIpc) is 2.53. The van der Waals surface area contributed by atoms with Gasteiger partial charge in [-0.2, -0.15) is 0 Å². The number of hydrogen-bond acceptors (Lipinski definition) is 3. The van der Waals surface area contributed by atoms with Crippen molar-refractivity contribution in [1.82, 2.24) is 0 Å². The number of carbonyl (C=O) groups excluding carboxylic acids is 1. The van der Waals surface area contributed by atoms with Crippen LogP contribution in [0.5, 0.6) is 0 Å². The van der Waals surface area contributed by atoms with Crippen molar-refractivity contribution in [2.24, 2.45) is 5.16 Å². The van der Waals surface area contributed by atoms with E-state index in [1.807, 2.05) is 31.2 Å². The van der Waals surface area contributed by atoms with Gasteiger partial charge in [-0.3, -0.25) is 0 Å². The van der Waals surface area contributed by atoms with E-state index >= 15 is 0 Å². The highest BCUT2D eigenvalue weighted by Gasteiger charge is 2.18. The highest BCUT2D eigenvalue weighted by Crippen LogP contribution is 2.12. The summed E-state index contributed by atoms with van der Waals surface area (Å²) in [6.45, 7) is 2.02. The van der Waals surface area contributed by atoms with Gasteiger partial charge in [0.15, 0.2) is 0 Å². The van der Waals surface area contributed by atoms with Crippen LogP contribution >= 0.6 is 0 Å². The van der Waals surface area contributed by atoms with Crippen molar-refractivity contribution in [2.75, 3.05) is 0 Å². The minimum Gasteiger partial charge on any atom is -0.318 e. The molecule has 66 valence electrons. The van der Waals surface area contributed by atoms with Crippen molar-refractivity contribution in [2.45, 2.75) is 13.3 Å². The van der Waals surface area contributed by atoms with Crippen molar-refractivity contribution in [3.05, 3.63) is 35.4 Å². The maximum Gasteiger partial charge on any atom is 0.341 e. The normalized spacial score (nSPS) is 15.5. The lowest BCUT2D eigenvalue weighted by molar-refractivity contribution is -0.140. The summed E-state index contributed by atoms with van der Waals surface area (Å²) >= 11 is 0. The van der Waals surface area contributed by atoms with Crippen LogP contribution in [-0.2, 0) is 9.63 Å². The number of rotatable bonds is 1. The molecule has 1 aromatic carbocycles. The lowest BCUT2D eigenvalue weighted by Crippen LogP contribution is -2.00. The highest BCUT2D eigenvalue weighted by atomic mass is 16.7. The lowest BCUT2D eigenvalue weighted by atomic mass is 10.1. The van der Waals surface area contributed by atoms with Crippen molar-refractivity contribution < 1.29 is 9.63 Å². The van der Waals surface area contributed by atoms with Gasteiger partial charge in [0.05, 0.1) is 12.1 Å². The van der Waals surface area contributed by atoms with Crippen LogP contribution in [0.2, 0.25) is 0 Å². The standard InChI is InChI=1S/C10H9NO2/c1-7-2-4-8(5-3-7)9-6-10(12)13-11-9/h2-5H,6H2,1H3. The molecule has 0 aromatic heterocycles. The number of hydrogen-bond donors (Lipinski definition) is 0. The fourth-order valence-corrected chi connectivity index (χ4v) is 1.21. The third-order valence-electron chi connectivity index (χ3n) is 1.95. The number of aryl methyl sites for hydroxylation is 1. The first-order valence-corrected chi connectivity index (χ1v) is 4.09. The Morgan fingerprint density at radius 2 is 2.00 bits per heavy atom. The quantitative estimate of drug-likeness (QED) is 0.608. The van der Waals surface area contributed by atoms with Gasteiger partial charge in [-0.1, -0.05) is 35.0 Å². The third kappa shape index (κ3) is 1.59. The highest BCUT2D eigenvalue weighted by molar-refractivity contribution is 6.11. The maximum absolute atomic E-state index is 10.8. The fourth-order valence-electron chi connectivity index (χ4n) is 1.21. The van der Waals surface area contributed by atoms with Gasteiger partial charge in [0, 0.05) is 0 Å². The molecule has 0 spiro atoms. The number of carbonyl (C=O) groups is 1. The molecule has 1 heterocycles. The Morgan fingerprint density at radius 3 is 2.54 bits per heavy atom. The van der Waals surface area contributed by atoms with E-state index in [2.05, 4.69) is 9.99 Å². The smallest absolute Gasteiger partial charge is 0.318 e. The van der Waals surface area contributed by atoms with Gasteiger partial charge in [0.25, 0.3) is 0 Å². The van der Waals surface area contributed by atoms with Crippen LogP contribution in [0.25, 0.3) is 0 Å². The summed E-state index contributed by atoms with van der Waals surface area (Å²) < 4.78 is 0. The van der Waals surface area contributed by atoms with Crippen LogP contribution in [0.4, 0.5) is 0 Å². The predicted molar refractivity (Wildman–Crippen MR) is 48.4 cm³/mol. The van der Waals surface area contributed by atoms with E-state index in [0.717, 1.165) is 5.56 Å². The van der Waals surface area contributed by atoms with Gasteiger partial charge >= 0.3 is 5.97 Å². The molecule has 2 rings (SSSR count). The number of nitrogens with zero attached hydrogens (tertiary/aromatic N) is 1. The molecule has 1 aromatic rings. The molecule has 0 radical (unpaired) electrons. The molecule has 0 fully saturated rings. The minimum absolute atomic E-state index is 0.281. The predicted octanol–water partition coefficient (Wildman–Crippen LogP) is 1.65. The second-order valence-corrected chi connectivity index (χ2v) is 3.04. The number of oxime groups is 1. The zero-order valence-electron chi connectivity index (χ0n) is 7.28. The molecular weight excluding hydrogens is 166 g/mol. The summed E-state index contributed by atoms with van der Waals surface area (Å²) in [7, 11) is 0. The van der Waals surface area contributed by atoms with Gasteiger partial charge in [0.2, 0.25) is 0 Å². The molecule has 0 aliphatic carbocycles. The molecule has 0 atom stereocenters. The van der Waals surface area contributed by atoms with Gasteiger partial charge in [-0.25, -0.2) is 4.79 Å². The van der Waals surface area contributed by atoms with Crippen LogP contribution in [0, 0.1) is 6.92 Å². The topological polar surface area (TPSA) is 38.7 Å². The van der Waals surface area contributed by atoms with Gasteiger partial charge in [-0.05, 0) is 12.5 Å². The van der Waals surface area contributed by atoms with E-state index in [0.29, 0.717) is 5.71 Å². The molecule has 3 heteroatoms. The van der Waals surface area contributed by atoms with Gasteiger partial charge in [-0.15, -0.1) is 0 Å². The van der Waals surface area contributed by atoms with Crippen LogP contribution in [0.1, 0.15) is 17.5 Å². The van der Waals surface area contributed by atoms with E-state index < -0.39 is 0 Å². The second kappa shape index (κ2) is 3.01. The van der Waals surface area contributed by atoms with Crippen LogP contribution < -0.4 is 0 Å². The summed E-state index contributed by atoms with van der Waals surface area (Å²) in [4.78, 5) is 15.3. The number of benzene rings is 1. The maximum atomic E-state index is 10.8. The third-order valence-corrected chi connectivity index (χ3v) is 1.95. The minimum atomic E-state index is -0.282. The Balaban J connectivity index is 2.27. The zero-order valence-corrected chi connectivity index (χ0v) is 7.28. The van der Waals surface area contributed by atoms with Crippen LogP contribution in [0.15, 0.2) is 29.4 Å². The van der Waals surface area contributed by atoms with E-state index in [1.54, 1.807) is 0 Å². The van der Waals surface area contributed by atoms with Crippen LogP contribution in [0.3, 0.4) is 0 Å². The summed E-state index contributed by atoms with van der Waals surface area (Å²) in [5.41, 5.74) is 2.86. The molecule has 13 heavy (non-hydrogen) atoms. The van der Waals surface area contributed by atoms with Gasteiger partial charge < -0.3 is 4.84 Å². The van der Waals surface area contributed by atoms with Gasteiger partial charge in [0.1, 0.15) is 0 Å². The summed E-state index contributed by atoms with van der Waals surface area (Å²) in [5.74, 6) is -0.282. The zero-order chi connectivity index (χ0) is 9.26. The molecule has 0 unspecified atom stereocenters. The first-order valence-electron chi connectivity index (χ1n) is 4.09. The van der Waals surface area contributed by atoms with Crippen molar-refractivity contribution in [3.8, 4) is 0 Å². The first kappa shape index (κ1) is 7.98.